The number of para-hydroxylation sites is 1. The monoisotopic (exact) mass is 428 g/mol. The van der Waals surface area contributed by atoms with Gasteiger partial charge in [0.2, 0.25) is 0 Å². The van der Waals surface area contributed by atoms with E-state index in [2.05, 4.69) is 0 Å². The summed E-state index contributed by atoms with van der Waals surface area (Å²) in [4.78, 5) is 13.0. The van der Waals surface area contributed by atoms with Crippen molar-refractivity contribution in [3.8, 4) is 5.75 Å². The molecule has 0 radical (unpaired) electrons. The maximum atomic E-state index is 13.7. The van der Waals surface area contributed by atoms with E-state index in [9.17, 15) is 14.3 Å². The van der Waals surface area contributed by atoms with Crippen molar-refractivity contribution < 1.29 is 24.1 Å². The highest BCUT2D eigenvalue weighted by Gasteiger charge is 2.29. The highest BCUT2D eigenvalue weighted by atomic mass is 19.1. The minimum absolute atomic E-state index is 0.00701. The smallest absolute Gasteiger partial charge is 0.335 e. The van der Waals surface area contributed by atoms with Crippen molar-refractivity contribution in [2.75, 3.05) is 13.2 Å². The molecule has 1 aliphatic rings. The Balaban J connectivity index is 1.90. The summed E-state index contributed by atoms with van der Waals surface area (Å²) in [6, 6.07) is 10.4. The second kappa shape index (κ2) is 8.97. The van der Waals surface area contributed by atoms with Gasteiger partial charge in [-0.1, -0.05) is 18.2 Å². The lowest BCUT2D eigenvalue weighted by molar-refractivity contribution is -0.0457. The van der Waals surface area contributed by atoms with Gasteiger partial charge < -0.3 is 37.1 Å². The van der Waals surface area contributed by atoms with Crippen LogP contribution in [0.5, 0.6) is 5.75 Å². The van der Waals surface area contributed by atoms with Gasteiger partial charge in [-0.2, -0.15) is 0 Å². The van der Waals surface area contributed by atoms with Gasteiger partial charge in [0.25, 0.3) is 0 Å². The number of hydrogen-bond donors (Lipinski definition) is 5. The van der Waals surface area contributed by atoms with Crippen LogP contribution in [0.1, 0.15) is 34.5 Å². The third kappa shape index (κ3) is 4.72. The number of nitrogens with zero attached hydrogens (tertiary/aromatic N) is 1. The third-order valence-electron chi connectivity index (χ3n) is 5.16. The largest absolute Gasteiger partial charge is 0.504 e. The minimum Gasteiger partial charge on any atom is -0.504 e. The van der Waals surface area contributed by atoms with Crippen molar-refractivity contribution in [1.82, 2.24) is 4.90 Å². The van der Waals surface area contributed by atoms with Crippen LogP contribution in [-0.2, 0) is 4.74 Å². The number of aromatic hydroxyl groups is 1. The van der Waals surface area contributed by atoms with E-state index >= 15 is 0 Å². The number of carboxylic acid groups (broad SMARTS) is 1. The molecule has 31 heavy (non-hydrogen) atoms. The molecule has 2 atom stereocenters. The van der Waals surface area contributed by atoms with E-state index in [1.165, 1.54) is 30.3 Å². The number of halogens is 1. The molecule has 8 nitrogen and oxygen atoms in total. The van der Waals surface area contributed by atoms with Gasteiger partial charge in [-0.05, 0) is 42.8 Å². The second-order valence-corrected chi connectivity index (χ2v) is 7.33. The van der Waals surface area contributed by atoms with Crippen LogP contribution in [0.15, 0.2) is 60.1 Å². The zero-order valence-corrected chi connectivity index (χ0v) is 17.0. The van der Waals surface area contributed by atoms with Gasteiger partial charge in [0, 0.05) is 23.8 Å². The third-order valence-corrected chi connectivity index (χ3v) is 5.16. The fraction of sp³-hybridized carbons (Fsp3) is 0.227. The van der Waals surface area contributed by atoms with Crippen LogP contribution in [0.25, 0.3) is 5.70 Å². The van der Waals surface area contributed by atoms with E-state index in [0.717, 1.165) is 11.6 Å². The lowest BCUT2D eigenvalue weighted by Crippen LogP contribution is -2.45. The first kappa shape index (κ1) is 22.0. The van der Waals surface area contributed by atoms with Crippen LogP contribution in [0.4, 0.5) is 4.39 Å². The lowest BCUT2D eigenvalue weighted by atomic mass is 10.0. The number of rotatable bonds is 5. The number of morpholine rings is 1. The van der Waals surface area contributed by atoms with Crippen molar-refractivity contribution >= 4 is 11.7 Å². The fourth-order valence-corrected chi connectivity index (χ4v) is 3.44. The second-order valence-electron chi connectivity index (χ2n) is 7.33. The predicted molar refractivity (Wildman–Crippen MR) is 114 cm³/mol. The quantitative estimate of drug-likeness (QED) is 0.455. The molecule has 9 heteroatoms. The van der Waals surface area contributed by atoms with Crippen LogP contribution < -0.4 is 17.2 Å². The average Bonchev–Trinajstić information content (AvgIpc) is 2.74. The molecule has 0 aliphatic carbocycles. The average molecular weight is 428 g/mol. The molecular formula is C22H25FN4O4. The van der Waals surface area contributed by atoms with Crippen molar-refractivity contribution in [1.29, 1.82) is 0 Å². The molecule has 8 N–H and O–H groups in total. The number of benzene rings is 2. The molecule has 1 saturated heterocycles. The molecule has 1 heterocycles. The molecular weight excluding hydrogens is 403 g/mol. The fourth-order valence-electron chi connectivity index (χ4n) is 3.44. The van der Waals surface area contributed by atoms with E-state index in [4.69, 9.17) is 27.0 Å². The van der Waals surface area contributed by atoms with Gasteiger partial charge >= 0.3 is 5.97 Å². The molecule has 3 rings (SSSR count). The summed E-state index contributed by atoms with van der Waals surface area (Å²) < 4.78 is 19.6. The number of carbonyl (C=O) groups is 1. The van der Waals surface area contributed by atoms with E-state index in [-0.39, 0.29) is 34.8 Å². The summed E-state index contributed by atoms with van der Waals surface area (Å²) in [5.41, 5.74) is 19.6. The Hall–Kier alpha value is -3.72. The molecule has 2 aromatic rings. The maximum Gasteiger partial charge on any atom is 0.335 e. The van der Waals surface area contributed by atoms with Gasteiger partial charge in [-0.25, -0.2) is 9.18 Å². The van der Waals surface area contributed by atoms with Crippen LogP contribution in [0, 0.1) is 5.82 Å². The Bertz CT molecular complexity index is 1030. The molecule has 2 unspecified atom stereocenters. The standard InChI is InChI=1S/C22H25FN4O4/c1-12-11-31-19(13-5-7-14(8-6-13)22(29)30)10-27(12)18(21(25)26)9-17(24)15-3-2-4-16(23)20(15)28/h2-9,12,19,28H,10-11,24-26H2,1H3,(H,29,30)/b17-9-. The molecule has 164 valence electrons. The van der Waals surface area contributed by atoms with E-state index in [0.29, 0.717) is 18.8 Å². The highest BCUT2D eigenvalue weighted by molar-refractivity contribution is 5.87. The molecule has 2 aromatic carbocycles. The number of nitrogens with two attached hydrogens (primary N) is 3. The molecule has 0 amide bonds. The van der Waals surface area contributed by atoms with Gasteiger partial charge in [0.1, 0.15) is 11.9 Å². The highest BCUT2D eigenvalue weighted by Crippen LogP contribution is 2.31. The molecule has 0 saturated carbocycles. The number of carboxylic acids is 1. The van der Waals surface area contributed by atoms with Crippen molar-refractivity contribution in [3.05, 3.63) is 82.6 Å². The summed E-state index contributed by atoms with van der Waals surface area (Å²) in [6.45, 7) is 2.66. The Morgan fingerprint density at radius 1 is 1.19 bits per heavy atom. The summed E-state index contributed by atoms with van der Waals surface area (Å²) >= 11 is 0. The predicted octanol–water partition coefficient (Wildman–Crippen LogP) is 2.08. The first-order chi connectivity index (χ1) is 14.7. The number of ether oxygens (including phenoxy) is 1. The first-order valence-corrected chi connectivity index (χ1v) is 9.60. The number of aromatic carboxylic acids is 1. The summed E-state index contributed by atoms with van der Waals surface area (Å²) in [5.74, 6) is -2.34. The number of allylic oxidation sites excluding steroid dienone is 1. The van der Waals surface area contributed by atoms with Crippen LogP contribution >= 0.6 is 0 Å². The van der Waals surface area contributed by atoms with Crippen molar-refractivity contribution in [2.24, 2.45) is 17.2 Å². The Morgan fingerprint density at radius 2 is 1.87 bits per heavy atom. The topological polar surface area (TPSA) is 148 Å². The van der Waals surface area contributed by atoms with Crippen LogP contribution in [-0.4, -0.2) is 40.3 Å². The van der Waals surface area contributed by atoms with Crippen LogP contribution in [0.3, 0.4) is 0 Å². The Labute approximate surface area is 179 Å². The lowest BCUT2D eigenvalue weighted by Gasteiger charge is -2.40. The SMILES string of the molecule is CC1COC(c2ccc(C(=O)O)cc2)CN1C(/C=C(\N)c1cccc(F)c1O)=C(N)N. The van der Waals surface area contributed by atoms with Gasteiger partial charge in [-0.3, -0.25) is 0 Å². The first-order valence-electron chi connectivity index (χ1n) is 9.60. The Morgan fingerprint density at radius 3 is 2.48 bits per heavy atom. The maximum absolute atomic E-state index is 13.7. The van der Waals surface area contributed by atoms with Gasteiger partial charge in [0.05, 0.1) is 17.9 Å². The molecule has 0 aromatic heterocycles. The Kier molecular flexibility index (Phi) is 6.36. The number of hydrogen-bond acceptors (Lipinski definition) is 7. The van der Waals surface area contributed by atoms with Crippen molar-refractivity contribution in [3.63, 3.8) is 0 Å². The molecule has 1 fully saturated rings. The zero-order valence-electron chi connectivity index (χ0n) is 17.0. The summed E-state index contributed by atoms with van der Waals surface area (Å²) in [5, 5.41) is 19.1. The molecule has 0 spiro atoms. The number of phenols is 1. The van der Waals surface area contributed by atoms with E-state index in [1.54, 1.807) is 12.1 Å². The number of phenolic OH excluding ortho intramolecular Hbond substituents is 1. The van der Waals surface area contributed by atoms with Gasteiger partial charge in [-0.15, -0.1) is 0 Å². The molecule has 0 bridgehead atoms. The summed E-state index contributed by atoms with van der Waals surface area (Å²) in [7, 11) is 0. The zero-order chi connectivity index (χ0) is 22.7. The molecule has 1 aliphatic heterocycles. The van der Waals surface area contributed by atoms with E-state index in [1.807, 2.05) is 11.8 Å². The normalized spacial score (nSPS) is 19.2. The minimum atomic E-state index is -1.01. The van der Waals surface area contributed by atoms with E-state index < -0.39 is 17.5 Å². The summed E-state index contributed by atoms with van der Waals surface area (Å²) in [6.07, 6.45) is 1.14. The van der Waals surface area contributed by atoms with Gasteiger partial charge in [0.15, 0.2) is 11.6 Å². The van der Waals surface area contributed by atoms with Crippen molar-refractivity contribution in [2.45, 2.75) is 19.1 Å². The van der Waals surface area contributed by atoms with Crippen LogP contribution in [0.2, 0.25) is 0 Å².